The number of ether oxygens (including phenoxy) is 1. The van der Waals surface area contributed by atoms with Gasteiger partial charge in [0, 0.05) is 36.0 Å². The van der Waals surface area contributed by atoms with Crippen LogP contribution in [0.3, 0.4) is 0 Å². The largest absolute Gasteiger partial charge is 0.508 e. The topological polar surface area (TPSA) is 131 Å². The van der Waals surface area contributed by atoms with E-state index in [4.69, 9.17) is 4.74 Å². The molecule has 0 unspecified atom stereocenters. The number of hydrogen-bond acceptors (Lipinski definition) is 7. The van der Waals surface area contributed by atoms with Crippen LogP contribution >= 0.6 is 0 Å². The Morgan fingerprint density at radius 1 is 0.380 bits per heavy atom. The second-order valence-corrected chi connectivity index (χ2v) is 12.6. The highest BCUT2D eigenvalue weighted by Crippen LogP contribution is 2.43. The molecule has 0 fully saturated rings. The number of rotatable bonds is 12. The van der Waals surface area contributed by atoms with Crippen molar-refractivity contribution < 1.29 is 35.4 Å². The molecule has 0 atom stereocenters. The predicted octanol–water partition coefficient (Wildman–Crippen LogP) is 8.08. The second kappa shape index (κ2) is 15.0. The van der Waals surface area contributed by atoms with Crippen molar-refractivity contribution in [1.29, 1.82) is 0 Å². The van der Waals surface area contributed by atoms with Crippen molar-refractivity contribution in [2.24, 2.45) is 0 Å². The summed E-state index contributed by atoms with van der Waals surface area (Å²) in [6, 6.07) is 33.3. The van der Waals surface area contributed by atoms with E-state index in [0.29, 0.717) is 49.8 Å². The van der Waals surface area contributed by atoms with E-state index in [9.17, 15) is 30.6 Å². The molecule has 6 aromatic rings. The van der Waals surface area contributed by atoms with E-state index in [0.717, 1.165) is 50.1 Å². The molecule has 0 saturated heterocycles. The fourth-order valence-corrected chi connectivity index (χ4v) is 6.59. The molecule has 0 bridgehead atoms. The molecule has 6 aromatic carbocycles. The standard InChI is InChI=1S/C43H40O7/c1-50-43-40(24-29-6-16-35(46)17-7-29)38(21-11-32-26-37(48)20-10-31(32)22-27-2-12-33(44)13-3-27)39(23-28-4-14-34(45)15-5-28)42(49)41(43)25-30-8-18-36(47)19-9-30/h2-10,12-20,26,44-49H,11,21-25H2,1H3. The minimum atomic E-state index is 0.118. The van der Waals surface area contributed by atoms with Crippen molar-refractivity contribution in [3.05, 3.63) is 171 Å². The Morgan fingerprint density at radius 3 is 1.24 bits per heavy atom. The Hall–Kier alpha value is -6.08. The molecule has 0 aliphatic carbocycles. The third kappa shape index (κ3) is 7.96. The first-order valence-corrected chi connectivity index (χ1v) is 16.5. The van der Waals surface area contributed by atoms with Gasteiger partial charge in [-0.05, 0) is 119 Å². The summed E-state index contributed by atoms with van der Waals surface area (Å²) in [5.41, 5.74) is 8.92. The van der Waals surface area contributed by atoms with Gasteiger partial charge in [-0.1, -0.05) is 54.6 Å². The summed E-state index contributed by atoms with van der Waals surface area (Å²) in [6.07, 6.45) is 2.87. The van der Waals surface area contributed by atoms with Gasteiger partial charge in [0.15, 0.2) is 0 Å². The first kappa shape index (κ1) is 33.8. The van der Waals surface area contributed by atoms with E-state index in [1.54, 1.807) is 67.8 Å². The molecule has 0 amide bonds. The molecule has 0 aliphatic heterocycles. The molecule has 0 aliphatic rings. The maximum absolute atomic E-state index is 12.2. The quantitative estimate of drug-likeness (QED) is 0.0778. The zero-order chi connectivity index (χ0) is 35.2. The molecule has 6 N–H and O–H groups in total. The van der Waals surface area contributed by atoms with Crippen LogP contribution in [-0.2, 0) is 38.5 Å². The maximum atomic E-state index is 12.2. The van der Waals surface area contributed by atoms with Gasteiger partial charge in [-0.3, -0.25) is 0 Å². The summed E-state index contributed by atoms with van der Waals surface area (Å²) < 4.78 is 6.14. The normalized spacial score (nSPS) is 11.1. The van der Waals surface area contributed by atoms with Crippen molar-refractivity contribution in [2.75, 3.05) is 7.11 Å². The van der Waals surface area contributed by atoms with E-state index >= 15 is 0 Å². The Kier molecular flexibility index (Phi) is 10.1. The zero-order valence-electron chi connectivity index (χ0n) is 27.8. The van der Waals surface area contributed by atoms with Crippen LogP contribution in [0.25, 0.3) is 0 Å². The Bertz CT molecular complexity index is 2070. The van der Waals surface area contributed by atoms with Gasteiger partial charge in [0.05, 0.1) is 7.11 Å². The number of aryl methyl sites for hydroxylation is 1. The monoisotopic (exact) mass is 668 g/mol. The highest BCUT2D eigenvalue weighted by Gasteiger charge is 2.25. The van der Waals surface area contributed by atoms with Crippen LogP contribution in [0.1, 0.15) is 55.6 Å². The first-order chi connectivity index (χ1) is 24.2. The smallest absolute Gasteiger partial charge is 0.129 e. The Labute approximate surface area is 291 Å². The lowest BCUT2D eigenvalue weighted by Gasteiger charge is -2.25. The Morgan fingerprint density at radius 2 is 0.780 bits per heavy atom. The molecule has 7 nitrogen and oxygen atoms in total. The van der Waals surface area contributed by atoms with Crippen LogP contribution in [0.4, 0.5) is 0 Å². The van der Waals surface area contributed by atoms with Crippen molar-refractivity contribution in [2.45, 2.75) is 38.5 Å². The molecule has 254 valence electrons. The van der Waals surface area contributed by atoms with Gasteiger partial charge in [-0.15, -0.1) is 0 Å². The third-order valence-corrected chi connectivity index (χ3v) is 9.17. The minimum Gasteiger partial charge on any atom is -0.508 e. The molecular formula is C43H40O7. The molecule has 0 spiro atoms. The molecule has 7 heteroatoms. The lowest BCUT2D eigenvalue weighted by Crippen LogP contribution is -2.11. The number of benzene rings is 6. The highest BCUT2D eigenvalue weighted by molar-refractivity contribution is 5.62. The summed E-state index contributed by atoms with van der Waals surface area (Å²) in [7, 11) is 1.60. The Balaban J connectivity index is 1.50. The van der Waals surface area contributed by atoms with Crippen LogP contribution in [0, 0.1) is 0 Å². The average Bonchev–Trinajstić information content (AvgIpc) is 3.11. The van der Waals surface area contributed by atoms with Crippen LogP contribution in [0.15, 0.2) is 115 Å². The average molecular weight is 669 g/mol. The molecular weight excluding hydrogens is 628 g/mol. The number of hydrogen-bond donors (Lipinski definition) is 6. The fourth-order valence-electron chi connectivity index (χ4n) is 6.59. The van der Waals surface area contributed by atoms with Gasteiger partial charge >= 0.3 is 0 Å². The lowest BCUT2D eigenvalue weighted by molar-refractivity contribution is 0.394. The summed E-state index contributed by atoms with van der Waals surface area (Å²) >= 11 is 0. The highest BCUT2D eigenvalue weighted by atomic mass is 16.5. The third-order valence-electron chi connectivity index (χ3n) is 9.17. The first-order valence-electron chi connectivity index (χ1n) is 16.5. The minimum absolute atomic E-state index is 0.118. The number of phenols is 6. The molecule has 0 saturated carbocycles. The summed E-state index contributed by atoms with van der Waals surface area (Å²) in [5, 5.41) is 62.5. The molecule has 6 rings (SSSR count). The molecule has 50 heavy (non-hydrogen) atoms. The summed E-state index contributed by atoms with van der Waals surface area (Å²) in [5.74, 6) is 1.51. The van der Waals surface area contributed by atoms with Gasteiger partial charge in [-0.25, -0.2) is 0 Å². The predicted molar refractivity (Wildman–Crippen MR) is 194 cm³/mol. The van der Waals surface area contributed by atoms with E-state index in [1.165, 1.54) is 0 Å². The lowest BCUT2D eigenvalue weighted by atomic mass is 9.83. The molecule has 0 radical (unpaired) electrons. The number of methoxy groups -OCH3 is 1. The number of phenolic OH excluding ortho intramolecular Hbond substituents is 6. The summed E-state index contributed by atoms with van der Waals surface area (Å²) in [4.78, 5) is 0. The van der Waals surface area contributed by atoms with Crippen molar-refractivity contribution in [1.82, 2.24) is 0 Å². The van der Waals surface area contributed by atoms with Crippen molar-refractivity contribution in [3.63, 3.8) is 0 Å². The van der Waals surface area contributed by atoms with Crippen molar-refractivity contribution >= 4 is 0 Å². The maximum Gasteiger partial charge on any atom is 0.129 e. The van der Waals surface area contributed by atoms with Crippen LogP contribution in [-0.4, -0.2) is 37.7 Å². The van der Waals surface area contributed by atoms with Gasteiger partial charge in [0.1, 0.15) is 40.2 Å². The van der Waals surface area contributed by atoms with Crippen molar-refractivity contribution in [3.8, 4) is 40.2 Å². The molecule has 0 aromatic heterocycles. The molecule has 0 heterocycles. The van der Waals surface area contributed by atoms with Crippen LogP contribution in [0.2, 0.25) is 0 Å². The number of aromatic hydroxyl groups is 6. The van der Waals surface area contributed by atoms with Gasteiger partial charge in [0.25, 0.3) is 0 Å². The fraction of sp³-hybridized carbons (Fsp3) is 0.163. The van der Waals surface area contributed by atoms with Crippen LogP contribution in [0.5, 0.6) is 40.2 Å². The van der Waals surface area contributed by atoms with Gasteiger partial charge in [-0.2, -0.15) is 0 Å². The van der Waals surface area contributed by atoms with Crippen LogP contribution < -0.4 is 4.74 Å². The van der Waals surface area contributed by atoms with E-state index in [-0.39, 0.29) is 34.5 Å². The summed E-state index contributed by atoms with van der Waals surface area (Å²) in [6.45, 7) is 0. The SMILES string of the molecule is COc1c(Cc2ccc(O)cc2)c(O)c(Cc2ccc(O)cc2)c(CCc2cc(O)ccc2Cc2ccc(O)cc2)c1Cc1ccc(O)cc1. The zero-order valence-corrected chi connectivity index (χ0v) is 27.8. The van der Waals surface area contributed by atoms with E-state index < -0.39 is 0 Å². The van der Waals surface area contributed by atoms with E-state index in [2.05, 4.69) is 0 Å². The second-order valence-electron chi connectivity index (χ2n) is 12.6. The van der Waals surface area contributed by atoms with E-state index in [1.807, 2.05) is 54.6 Å². The van der Waals surface area contributed by atoms with Gasteiger partial charge in [0.2, 0.25) is 0 Å². The van der Waals surface area contributed by atoms with Gasteiger partial charge < -0.3 is 35.4 Å².